The van der Waals surface area contributed by atoms with Crippen molar-refractivity contribution in [3.8, 4) is 0 Å². The predicted octanol–water partition coefficient (Wildman–Crippen LogP) is -0.579. The molecular formula is C11H14N6O2Y2-2. The summed E-state index contributed by atoms with van der Waals surface area (Å²) >= 11 is 0. The predicted molar refractivity (Wildman–Crippen MR) is 66.9 cm³/mol. The molecule has 21 heavy (non-hydrogen) atoms. The van der Waals surface area contributed by atoms with Gasteiger partial charge in [-0.25, -0.2) is 9.97 Å². The second-order valence-electron chi connectivity index (χ2n) is 3.39. The van der Waals surface area contributed by atoms with Crippen LogP contribution in [0, 0.1) is 6.92 Å². The molecule has 2 aromatic rings. The summed E-state index contributed by atoms with van der Waals surface area (Å²) in [5.41, 5.74) is 1.75. The van der Waals surface area contributed by atoms with Crippen LogP contribution < -0.4 is 10.6 Å². The summed E-state index contributed by atoms with van der Waals surface area (Å²) in [4.78, 5) is 33.1. The van der Waals surface area contributed by atoms with E-state index in [1.54, 1.807) is 31.5 Å². The number of nitrogens with zero attached hydrogens (tertiary/aromatic N) is 2. The number of carbonyl (C=O) groups excluding carboxylic acids is 2. The van der Waals surface area contributed by atoms with E-state index < -0.39 is 0 Å². The number of hydrogen-bond acceptors (Lipinski definition) is 4. The second-order valence-corrected chi connectivity index (χ2v) is 3.39. The zero-order valence-electron chi connectivity index (χ0n) is 11.3. The number of imidazole rings is 2. The van der Waals surface area contributed by atoms with Gasteiger partial charge in [0.2, 0.25) is 0 Å². The molecule has 0 bridgehead atoms. The fraction of sp³-hybridized carbons (Fsp3) is 0.182. The van der Waals surface area contributed by atoms with Crippen molar-refractivity contribution in [1.82, 2.24) is 30.6 Å². The molecule has 0 saturated heterocycles. The third-order valence-electron chi connectivity index (χ3n) is 1.94. The van der Waals surface area contributed by atoms with Crippen molar-refractivity contribution in [3.63, 3.8) is 0 Å². The minimum atomic E-state index is -0.283. The number of hydrogen-bond donors (Lipinski definition) is 4. The Morgan fingerprint density at radius 1 is 1.14 bits per heavy atom. The normalized spacial score (nSPS) is 8.19. The van der Waals surface area contributed by atoms with Crippen LogP contribution in [0.2, 0.25) is 0 Å². The van der Waals surface area contributed by atoms with Gasteiger partial charge in [-0.3, -0.25) is 0 Å². The van der Waals surface area contributed by atoms with Gasteiger partial charge in [0.1, 0.15) is 0 Å². The molecule has 8 nitrogen and oxygen atoms in total. The quantitative estimate of drug-likeness (QED) is 0.368. The molecule has 2 heterocycles. The number of aromatic amines is 2. The summed E-state index contributed by atoms with van der Waals surface area (Å²) in [6.45, 7) is 4.08. The fourth-order valence-electron chi connectivity index (χ4n) is 1.09. The average Bonchev–Trinajstić information content (AvgIpc) is 3.08. The molecule has 2 rings (SSSR count). The first-order chi connectivity index (χ1) is 9.22. The summed E-state index contributed by atoms with van der Waals surface area (Å²) in [5, 5.41) is 4.90. The summed E-state index contributed by atoms with van der Waals surface area (Å²) in [6.07, 6.45) is 7.97. The zero-order valence-corrected chi connectivity index (χ0v) is 17.0. The van der Waals surface area contributed by atoms with Crippen molar-refractivity contribution < 1.29 is 75.0 Å². The maximum atomic E-state index is 10.3. The number of aromatic nitrogens is 4. The second kappa shape index (κ2) is 14.4. The van der Waals surface area contributed by atoms with E-state index in [4.69, 9.17) is 0 Å². The van der Waals surface area contributed by atoms with E-state index in [1.807, 2.05) is 0 Å². The Kier molecular flexibility index (Phi) is 15.6. The first-order valence-corrected chi connectivity index (χ1v) is 5.36. The van der Waals surface area contributed by atoms with Crippen molar-refractivity contribution in [2.75, 3.05) is 0 Å². The summed E-state index contributed by atoms with van der Waals surface area (Å²) in [7, 11) is 0. The van der Waals surface area contributed by atoms with Crippen molar-refractivity contribution in [1.29, 1.82) is 0 Å². The smallest absolute Gasteiger partial charge is 0.0922 e. The molecule has 2 aromatic heterocycles. The Hall–Kier alpha value is -0.562. The number of carbonyl (C=O) groups is 1. The number of nitrogens with one attached hydrogen (secondary N) is 4. The van der Waals surface area contributed by atoms with Gasteiger partial charge in [0, 0.05) is 84.4 Å². The van der Waals surface area contributed by atoms with E-state index >= 15 is 0 Å². The number of amides is 2. The fourth-order valence-corrected chi connectivity index (χ4v) is 1.09. The van der Waals surface area contributed by atoms with E-state index in [0.717, 1.165) is 11.4 Å². The summed E-state index contributed by atoms with van der Waals surface area (Å²) in [5.74, 6) is -0.283. The first kappa shape index (κ1) is 22.7. The summed E-state index contributed by atoms with van der Waals surface area (Å²) < 4.78 is 0. The van der Waals surface area contributed by atoms with Crippen molar-refractivity contribution in [3.05, 3.63) is 43.4 Å². The van der Waals surface area contributed by atoms with Crippen LogP contribution in [0.25, 0.3) is 0 Å². The Bertz CT molecular complexity index is 475. The molecule has 108 valence electrons. The minimum Gasteiger partial charge on any atom is -0.525 e. The van der Waals surface area contributed by atoms with Gasteiger partial charge in [-0.15, -0.1) is 0 Å². The van der Waals surface area contributed by atoms with Gasteiger partial charge in [0.05, 0.1) is 36.5 Å². The maximum absolute atomic E-state index is 10.3. The third-order valence-corrected chi connectivity index (χ3v) is 1.94. The van der Waals surface area contributed by atoms with Gasteiger partial charge in [-0.05, 0) is 0 Å². The van der Waals surface area contributed by atoms with Crippen LogP contribution in [0.1, 0.15) is 11.4 Å². The van der Waals surface area contributed by atoms with Crippen molar-refractivity contribution in [2.45, 2.75) is 13.1 Å². The zero-order chi connectivity index (χ0) is 13.9. The van der Waals surface area contributed by atoms with E-state index in [1.165, 1.54) is 0 Å². The average molecular weight is 440 g/mol. The van der Waals surface area contributed by atoms with Crippen LogP contribution in [0.4, 0.5) is 0 Å². The summed E-state index contributed by atoms with van der Waals surface area (Å²) in [6, 6.07) is 0. The number of H-pyrrole nitrogens is 2. The van der Waals surface area contributed by atoms with Gasteiger partial charge in [0.15, 0.2) is 0 Å². The molecule has 0 spiro atoms. The molecule has 2 amide bonds. The van der Waals surface area contributed by atoms with Crippen LogP contribution in [-0.4, -0.2) is 32.3 Å². The molecular weight excluding hydrogens is 426 g/mol. The van der Waals surface area contributed by atoms with Crippen LogP contribution in [0.5, 0.6) is 0 Å². The van der Waals surface area contributed by atoms with Crippen LogP contribution >= 0.6 is 0 Å². The molecule has 0 fully saturated rings. The first-order valence-electron chi connectivity index (χ1n) is 5.36. The topological polar surface area (TPSA) is 116 Å². The van der Waals surface area contributed by atoms with Gasteiger partial charge in [0.25, 0.3) is 0 Å². The molecule has 4 N–H and O–H groups in total. The van der Waals surface area contributed by atoms with Crippen molar-refractivity contribution in [2.24, 2.45) is 0 Å². The van der Waals surface area contributed by atoms with Gasteiger partial charge in [-0.2, -0.15) is 6.41 Å². The van der Waals surface area contributed by atoms with Crippen LogP contribution in [0.15, 0.2) is 25.0 Å². The Morgan fingerprint density at radius 2 is 1.67 bits per heavy atom. The monoisotopic (exact) mass is 440 g/mol. The Morgan fingerprint density at radius 3 is 2.05 bits per heavy atom. The molecule has 0 unspecified atom stereocenters. The van der Waals surface area contributed by atoms with Gasteiger partial charge >= 0.3 is 0 Å². The maximum Gasteiger partial charge on any atom is 0.0922 e. The molecule has 0 saturated carbocycles. The van der Waals surface area contributed by atoms with E-state index in [0.29, 0.717) is 13.1 Å². The van der Waals surface area contributed by atoms with Gasteiger partial charge in [-0.1, -0.05) is 0 Å². The number of rotatable bonds is 5. The molecule has 0 aliphatic carbocycles. The molecule has 0 aromatic carbocycles. The van der Waals surface area contributed by atoms with Crippen molar-refractivity contribution >= 4 is 12.3 Å². The van der Waals surface area contributed by atoms with E-state index in [9.17, 15) is 9.59 Å². The standard InChI is InChI=1S/C6H8N3O.C5H6N3O.2Y/c1-5(10)8-3-6-2-7-4-9-6;9-4-7-2-5-1-6-3-8-5;;/h2,4H,1,3H2,(H,7,9)(H,8,10);1,3H,2H2,(H,6,8)(H,7,9);;/q2*-1;;. The van der Waals surface area contributed by atoms with E-state index in [-0.39, 0.29) is 71.3 Å². The molecule has 0 aliphatic rings. The molecule has 0 aliphatic heterocycles. The SMILES string of the molecule is O=[C-]NCc1cnc[nH]1.[CH2-]C(=O)NCc1cnc[nH]1.[Y].[Y]. The molecule has 10 heteroatoms. The molecule has 0 atom stereocenters. The van der Waals surface area contributed by atoms with Gasteiger partial charge < -0.3 is 37.1 Å². The molecule has 2 radical (unpaired) electrons. The Balaban J connectivity index is 0. The largest absolute Gasteiger partial charge is 0.525 e. The Labute approximate surface area is 172 Å². The van der Waals surface area contributed by atoms with Crippen LogP contribution in [0.3, 0.4) is 0 Å². The van der Waals surface area contributed by atoms with E-state index in [2.05, 4.69) is 37.5 Å². The minimum absolute atomic E-state index is 0. The third kappa shape index (κ3) is 11.7. The van der Waals surface area contributed by atoms with Crippen LogP contribution in [-0.2, 0) is 88.1 Å².